The van der Waals surface area contributed by atoms with Crippen molar-refractivity contribution in [2.45, 2.75) is 31.8 Å². The highest BCUT2D eigenvalue weighted by atomic mass is 35.5. The molecule has 1 N–H and O–H groups in total. The maximum absolute atomic E-state index is 12.3. The van der Waals surface area contributed by atoms with Gasteiger partial charge in [-0.05, 0) is 38.5 Å². The molecule has 2 fully saturated rings. The maximum atomic E-state index is 12.3. The van der Waals surface area contributed by atoms with Crippen molar-refractivity contribution in [1.29, 1.82) is 0 Å². The number of carbonyl (C=O) groups is 2. The molecule has 1 saturated heterocycles. The van der Waals surface area contributed by atoms with Crippen LogP contribution in [0.3, 0.4) is 0 Å². The molecule has 2 aliphatic rings. The van der Waals surface area contributed by atoms with Crippen LogP contribution >= 0.6 is 23.2 Å². The van der Waals surface area contributed by atoms with E-state index in [-0.39, 0.29) is 5.92 Å². The van der Waals surface area contributed by atoms with Gasteiger partial charge in [0.2, 0.25) is 0 Å². The van der Waals surface area contributed by atoms with E-state index >= 15 is 0 Å². The third-order valence-corrected chi connectivity index (χ3v) is 5.49. The number of benzene rings is 1. The summed E-state index contributed by atoms with van der Waals surface area (Å²) in [4.78, 5) is 25.5. The van der Waals surface area contributed by atoms with Gasteiger partial charge in [0.25, 0.3) is 0 Å². The Morgan fingerprint density at radius 3 is 2.50 bits per heavy atom. The summed E-state index contributed by atoms with van der Waals surface area (Å²) < 4.78 is 5.40. The predicted molar refractivity (Wildman–Crippen MR) is 90.6 cm³/mol. The monoisotopic (exact) mass is 371 g/mol. The highest BCUT2D eigenvalue weighted by Crippen LogP contribution is 2.64. The Balaban J connectivity index is 1.88. The molecular weight excluding hydrogens is 353 g/mol. The number of hydrogen-bond donors (Lipinski definition) is 1. The molecule has 0 radical (unpaired) electrons. The molecule has 3 rings (SSSR count). The lowest BCUT2D eigenvalue weighted by Gasteiger charge is -2.27. The van der Waals surface area contributed by atoms with Crippen LogP contribution in [-0.2, 0) is 14.9 Å². The van der Waals surface area contributed by atoms with Crippen LogP contribution in [0.4, 0.5) is 4.79 Å². The highest BCUT2D eigenvalue weighted by molar-refractivity contribution is 6.42. The number of amides is 1. The first-order valence-corrected chi connectivity index (χ1v) is 8.48. The molecule has 130 valence electrons. The summed E-state index contributed by atoms with van der Waals surface area (Å²) in [5, 5.41) is 10.3. The molecule has 24 heavy (non-hydrogen) atoms. The van der Waals surface area contributed by atoms with Crippen molar-refractivity contribution >= 4 is 35.3 Å². The Labute approximate surface area is 150 Å². The lowest BCUT2D eigenvalue weighted by atomic mass is 9.92. The molecule has 7 heteroatoms. The number of halogens is 2. The topological polar surface area (TPSA) is 66.8 Å². The van der Waals surface area contributed by atoms with Crippen LogP contribution in [0.5, 0.6) is 0 Å². The third-order valence-electron chi connectivity index (χ3n) is 4.75. The number of rotatable bonds is 2. The van der Waals surface area contributed by atoms with Crippen LogP contribution in [0.1, 0.15) is 26.3 Å². The van der Waals surface area contributed by atoms with Crippen LogP contribution in [0.25, 0.3) is 0 Å². The number of carboxylic acids is 1. The largest absolute Gasteiger partial charge is 0.481 e. The number of carbonyl (C=O) groups excluding carboxylic acids is 1. The average molecular weight is 372 g/mol. The summed E-state index contributed by atoms with van der Waals surface area (Å²) in [6.45, 7) is 6.08. The maximum Gasteiger partial charge on any atom is 0.410 e. The van der Waals surface area contributed by atoms with E-state index < -0.39 is 29.0 Å². The summed E-state index contributed by atoms with van der Waals surface area (Å²) in [6.07, 6.45) is -0.418. The number of hydrogen-bond acceptors (Lipinski definition) is 3. The fraction of sp³-hybridized carbons (Fsp3) is 0.529. The van der Waals surface area contributed by atoms with Gasteiger partial charge in [-0.3, -0.25) is 4.79 Å². The van der Waals surface area contributed by atoms with Crippen LogP contribution in [0, 0.1) is 11.8 Å². The number of likely N-dealkylation sites (tertiary alicyclic amines) is 1. The Morgan fingerprint density at radius 2 is 1.96 bits per heavy atom. The van der Waals surface area contributed by atoms with Gasteiger partial charge in [-0.25, -0.2) is 4.79 Å². The minimum absolute atomic E-state index is 0.139. The SMILES string of the molecule is CC(C)(C)OC(=O)N1CC2C(C(=O)O)C2(c2ccc(Cl)c(Cl)c2)C1. The molecule has 1 saturated carbocycles. The van der Waals surface area contributed by atoms with E-state index in [1.165, 1.54) is 0 Å². The minimum Gasteiger partial charge on any atom is -0.481 e. The van der Waals surface area contributed by atoms with Crippen molar-refractivity contribution in [2.24, 2.45) is 11.8 Å². The molecule has 3 atom stereocenters. The van der Waals surface area contributed by atoms with Crippen LogP contribution in [0.15, 0.2) is 18.2 Å². The first-order chi connectivity index (χ1) is 11.1. The van der Waals surface area contributed by atoms with Crippen molar-refractivity contribution in [2.75, 3.05) is 13.1 Å². The van der Waals surface area contributed by atoms with Crippen molar-refractivity contribution in [3.05, 3.63) is 33.8 Å². The molecule has 0 spiro atoms. The fourth-order valence-corrected chi connectivity index (χ4v) is 4.05. The van der Waals surface area contributed by atoms with E-state index in [2.05, 4.69) is 0 Å². The summed E-state index contributed by atoms with van der Waals surface area (Å²) in [5.41, 5.74) is -0.399. The zero-order valence-corrected chi connectivity index (χ0v) is 15.2. The average Bonchev–Trinajstić information content (AvgIpc) is 2.92. The molecule has 0 aromatic heterocycles. The van der Waals surface area contributed by atoms with Gasteiger partial charge in [0, 0.05) is 24.4 Å². The second kappa shape index (κ2) is 5.53. The van der Waals surface area contributed by atoms with Gasteiger partial charge in [0.05, 0.1) is 16.0 Å². The number of nitrogens with zero attached hydrogens (tertiary/aromatic N) is 1. The summed E-state index contributed by atoms with van der Waals surface area (Å²) >= 11 is 12.1. The van der Waals surface area contributed by atoms with Crippen molar-refractivity contribution in [3.8, 4) is 0 Å². The molecule has 0 bridgehead atoms. The van der Waals surface area contributed by atoms with Gasteiger partial charge in [-0.15, -0.1) is 0 Å². The van der Waals surface area contributed by atoms with Gasteiger partial charge in [0.1, 0.15) is 5.60 Å². The smallest absolute Gasteiger partial charge is 0.410 e. The standard InChI is InChI=1S/C17H19Cl2NO4/c1-16(2,3)24-15(23)20-7-10-13(14(21)22)17(10,8-20)9-4-5-11(18)12(19)6-9/h4-6,10,13H,7-8H2,1-3H3,(H,21,22). The normalized spacial score (nSPS) is 28.5. The highest BCUT2D eigenvalue weighted by Gasteiger charge is 2.73. The molecule has 1 aromatic carbocycles. The number of piperidine rings is 1. The van der Waals surface area contributed by atoms with Crippen molar-refractivity contribution in [1.82, 2.24) is 4.90 Å². The first kappa shape index (κ1) is 17.4. The van der Waals surface area contributed by atoms with Crippen LogP contribution in [-0.4, -0.2) is 40.8 Å². The molecule has 1 amide bonds. The quantitative estimate of drug-likeness (QED) is 0.857. The summed E-state index contributed by atoms with van der Waals surface area (Å²) in [6, 6.07) is 5.17. The van der Waals surface area contributed by atoms with E-state index in [4.69, 9.17) is 27.9 Å². The third kappa shape index (κ3) is 2.74. The fourth-order valence-electron chi connectivity index (χ4n) is 3.75. The molecule has 1 aliphatic carbocycles. The molecule has 1 aliphatic heterocycles. The van der Waals surface area contributed by atoms with E-state index in [0.29, 0.717) is 23.1 Å². The van der Waals surface area contributed by atoms with Crippen LogP contribution in [0.2, 0.25) is 10.0 Å². The lowest BCUT2D eigenvalue weighted by Crippen LogP contribution is -2.39. The second-order valence-corrected chi connectivity index (χ2v) is 8.27. The summed E-state index contributed by atoms with van der Waals surface area (Å²) in [7, 11) is 0. The van der Waals surface area contributed by atoms with E-state index in [9.17, 15) is 14.7 Å². The Hall–Kier alpha value is -1.46. The van der Waals surface area contributed by atoms with Gasteiger partial charge >= 0.3 is 12.1 Å². The van der Waals surface area contributed by atoms with Gasteiger partial charge in [-0.2, -0.15) is 0 Å². The molecule has 1 heterocycles. The first-order valence-electron chi connectivity index (χ1n) is 7.72. The van der Waals surface area contributed by atoms with Crippen molar-refractivity contribution < 1.29 is 19.4 Å². The van der Waals surface area contributed by atoms with E-state index in [1.807, 2.05) is 0 Å². The number of carboxylic acid groups (broad SMARTS) is 1. The Morgan fingerprint density at radius 1 is 1.29 bits per heavy atom. The molecule has 1 aromatic rings. The van der Waals surface area contributed by atoms with Gasteiger partial charge in [0.15, 0.2) is 0 Å². The lowest BCUT2D eigenvalue weighted by molar-refractivity contribution is -0.139. The Kier molecular flexibility index (Phi) is 4.00. The molecule has 5 nitrogen and oxygen atoms in total. The molecular formula is C17H19Cl2NO4. The minimum atomic E-state index is -0.852. The zero-order chi connectivity index (χ0) is 17.9. The zero-order valence-electron chi connectivity index (χ0n) is 13.7. The van der Waals surface area contributed by atoms with Crippen molar-refractivity contribution in [3.63, 3.8) is 0 Å². The number of fused-ring (bicyclic) bond motifs is 1. The summed E-state index contributed by atoms with van der Waals surface area (Å²) in [5.74, 6) is -1.51. The second-order valence-electron chi connectivity index (χ2n) is 7.45. The predicted octanol–water partition coefficient (Wildman–Crippen LogP) is 3.81. The Bertz CT molecular complexity index is 715. The van der Waals surface area contributed by atoms with Gasteiger partial charge < -0.3 is 14.7 Å². The number of ether oxygens (including phenoxy) is 1. The molecule has 3 unspecified atom stereocenters. The number of aliphatic carboxylic acids is 1. The van der Waals surface area contributed by atoms with E-state index in [1.54, 1.807) is 43.9 Å². The van der Waals surface area contributed by atoms with Crippen LogP contribution < -0.4 is 0 Å². The van der Waals surface area contributed by atoms with E-state index in [0.717, 1.165) is 5.56 Å². The van der Waals surface area contributed by atoms with Gasteiger partial charge in [-0.1, -0.05) is 29.3 Å².